The number of likely N-dealkylation sites (tertiary alicyclic amines) is 2. The molecule has 2 fully saturated rings. The number of benzene rings is 1. The largest absolute Gasteiger partial charge is 0.467 e. The molecule has 5 rings (SSSR count). The zero-order chi connectivity index (χ0) is 22.8. The van der Waals surface area contributed by atoms with E-state index in [1.807, 2.05) is 17.0 Å². The van der Waals surface area contributed by atoms with E-state index in [0.29, 0.717) is 18.9 Å². The minimum atomic E-state index is -0.224. The molecule has 0 radical (unpaired) electrons. The second kappa shape index (κ2) is 9.51. The summed E-state index contributed by atoms with van der Waals surface area (Å²) in [6.45, 7) is 5.72. The van der Waals surface area contributed by atoms with Gasteiger partial charge >= 0.3 is 0 Å². The summed E-state index contributed by atoms with van der Waals surface area (Å²) in [5, 5.41) is 6.35. The highest BCUT2D eigenvalue weighted by Crippen LogP contribution is 2.33. The van der Waals surface area contributed by atoms with Gasteiger partial charge in [0.2, 0.25) is 5.91 Å². The predicted molar refractivity (Wildman–Crippen MR) is 126 cm³/mol. The quantitative estimate of drug-likeness (QED) is 0.701. The van der Waals surface area contributed by atoms with E-state index < -0.39 is 0 Å². The van der Waals surface area contributed by atoms with Crippen LogP contribution >= 0.6 is 0 Å². The Bertz CT molecular complexity index is 1000. The average molecular weight is 449 g/mol. The van der Waals surface area contributed by atoms with E-state index in [1.165, 1.54) is 5.56 Å². The summed E-state index contributed by atoms with van der Waals surface area (Å²) in [5.41, 5.74) is 3.13. The molecule has 3 aliphatic rings. The molecule has 7 heteroatoms. The molecule has 1 unspecified atom stereocenters. The summed E-state index contributed by atoms with van der Waals surface area (Å²) in [4.78, 5) is 30.2. The van der Waals surface area contributed by atoms with Crippen molar-refractivity contribution in [2.24, 2.45) is 11.0 Å². The van der Waals surface area contributed by atoms with Gasteiger partial charge in [0.1, 0.15) is 11.8 Å². The van der Waals surface area contributed by atoms with Gasteiger partial charge in [-0.1, -0.05) is 29.8 Å². The fourth-order valence-electron chi connectivity index (χ4n) is 5.16. The Balaban J connectivity index is 1.24. The number of amides is 2. The number of furan rings is 1. The Morgan fingerprint density at radius 2 is 1.76 bits per heavy atom. The van der Waals surface area contributed by atoms with E-state index in [-0.39, 0.29) is 17.9 Å². The van der Waals surface area contributed by atoms with Crippen LogP contribution in [-0.2, 0) is 9.59 Å². The molecule has 0 spiro atoms. The SMILES string of the molecule is Cc1ccc(C2=NN(C(=O)CN3CCC(C(=O)N4CCCC4)CC3)C(c3ccco3)C2)cc1. The van der Waals surface area contributed by atoms with Crippen molar-refractivity contribution in [2.75, 3.05) is 32.7 Å². The average Bonchev–Trinajstić information content (AvgIpc) is 3.61. The smallest absolute Gasteiger partial charge is 0.257 e. The Morgan fingerprint density at radius 3 is 2.42 bits per heavy atom. The first-order valence-corrected chi connectivity index (χ1v) is 12.1. The summed E-state index contributed by atoms with van der Waals surface area (Å²) >= 11 is 0. The third-order valence-electron chi connectivity index (χ3n) is 7.14. The van der Waals surface area contributed by atoms with Crippen LogP contribution in [0.3, 0.4) is 0 Å². The van der Waals surface area contributed by atoms with Crippen molar-refractivity contribution >= 4 is 17.5 Å². The van der Waals surface area contributed by atoms with Gasteiger partial charge < -0.3 is 9.32 Å². The van der Waals surface area contributed by atoms with Crippen LogP contribution in [0, 0.1) is 12.8 Å². The van der Waals surface area contributed by atoms with Crippen molar-refractivity contribution in [1.82, 2.24) is 14.8 Å². The molecular formula is C26H32N4O3. The van der Waals surface area contributed by atoms with E-state index in [0.717, 1.165) is 68.9 Å². The van der Waals surface area contributed by atoms with Crippen molar-refractivity contribution in [3.63, 3.8) is 0 Å². The monoisotopic (exact) mass is 448 g/mol. The standard InChI is InChI=1S/C26H32N4O3/c1-19-6-8-20(9-7-19)22-17-23(24-5-4-16-33-24)30(27-22)25(31)18-28-14-10-21(11-15-28)26(32)29-12-2-3-13-29/h4-9,16,21,23H,2-3,10-15,17-18H2,1H3. The first-order valence-electron chi connectivity index (χ1n) is 12.1. The molecule has 1 atom stereocenters. The molecule has 33 heavy (non-hydrogen) atoms. The van der Waals surface area contributed by atoms with Crippen LogP contribution in [0.5, 0.6) is 0 Å². The second-order valence-electron chi connectivity index (χ2n) is 9.47. The highest BCUT2D eigenvalue weighted by atomic mass is 16.3. The topological polar surface area (TPSA) is 69.4 Å². The molecule has 0 N–H and O–H groups in total. The van der Waals surface area contributed by atoms with Crippen molar-refractivity contribution in [3.05, 3.63) is 59.5 Å². The van der Waals surface area contributed by atoms with Crippen molar-refractivity contribution in [3.8, 4) is 0 Å². The summed E-state index contributed by atoms with van der Waals surface area (Å²) < 4.78 is 5.66. The third kappa shape index (κ3) is 4.74. The molecule has 1 aromatic carbocycles. The molecule has 7 nitrogen and oxygen atoms in total. The van der Waals surface area contributed by atoms with Crippen LogP contribution in [-0.4, -0.2) is 65.1 Å². The molecule has 2 aromatic rings. The number of carbonyl (C=O) groups is 2. The molecule has 174 valence electrons. The van der Waals surface area contributed by atoms with Crippen molar-refractivity contribution in [1.29, 1.82) is 0 Å². The van der Waals surface area contributed by atoms with Crippen LogP contribution in [0.2, 0.25) is 0 Å². The van der Waals surface area contributed by atoms with E-state index in [1.54, 1.807) is 11.3 Å². The number of hydrazone groups is 1. The van der Waals surface area contributed by atoms with Gasteiger partial charge in [-0.2, -0.15) is 5.10 Å². The maximum atomic E-state index is 13.3. The first-order chi connectivity index (χ1) is 16.1. The van der Waals surface area contributed by atoms with Crippen molar-refractivity contribution in [2.45, 2.75) is 45.1 Å². The van der Waals surface area contributed by atoms with E-state index in [4.69, 9.17) is 9.52 Å². The number of hydrogen-bond acceptors (Lipinski definition) is 5. The van der Waals surface area contributed by atoms with Gasteiger partial charge in [-0.05, 0) is 63.4 Å². The molecule has 2 saturated heterocycles. The van der Waals surface area contributed by atoms with E-state index in [2.05, 4.69) is 36.1 Å². The summed E-state index contributed by atoms with van der Waals surface area (Å²) in [5.74, 6) is 1.14. The lowest BCUT2D eigenvalue weighted by Gasteiger charge is -2.33. The molecule has 1 aromatic heterocycles. The predicted octanol–water partition coefficient (Wildman–Crippen LogP) is 3.60. The summed E-state index contributed by atoms with van der Waals surface area (Å²) in [6, 6.07) is 11.8. The Hall–Kier alpha value is -2.93. The molecule has 0 aliphatic carbocycles. The summed E-state index contributed by atoms with van der Waals surface area (Å²) in [6.07, 6.45) is 6.16. The molecule has 4 heterocycles. The minimum Gasteiger partial charge on any atom is -0.467 e. The minimum absolute atomic E-state index is 0.0252. The van der Waals surface area contributed by atoms with Gasteiger partial charge in [-0.15, -0.1) is 0 Å². The Kier molecular flexibility index (Phi) is 6.31. The van der Waals surface area contributed by atoms with Crippen LogP contribution in [0.25, 0.3) is 0 Å². The number of rotatable bonds is 5. The number of hydrogen-bond donors (Lipinski definition) is 0. The number of nitrogens with zero attached hydrogens (tertiary/aromatic N) is 4. The Labute approximate surface area is 195 Å². The normalized spacial score (nSPS) is 22.1. The molecular weight excluding hydrogens is 416 g/mol. The van der Waals surface area contributed by atoms with Crippen molar-refractivity contribution < 1.29 is 14.0 Å². The zero-order valence-electron chi connectivity index (χ0n) is 19.3. The van der Waals surface area contributed by atoms with Crippen LogP contribution < -0.4 is 0 Å². The third-order valence-corrected chi connectivity index (χ3v) is 7.14. The van der Waals surface area contributed by atoms with Crippen LogP contribution in [0.15, 0.2) is 52.2 Å². The molecule has 2 amide bonds. The molecule has 3 aliphatic heterocycles. The van der Waals surface area contributed by atoms with Gasteiger partial charge in [0.05, 0.1) is 18.5 Å². The lowest BCUT2D eigenvalue weighted by molar-refractivity contribution is -0.137. The fourth-order valence-corrected chi connectivity index (χ4v) is 5.16. The van der Waals surface area contributed by atoms with Crippen LogP contribution in [0.1, 0.15) is 55.0 Å². The lowest BCUT2D eigenvalue weighted by Crippen LogP contribution is -2.45. The highest BCUT2D eigenvalue weighted by molar-refractivity contribution is 6.03. The number of aryl methyl sites for hydroxylation is 1. The highest BCUT2D eigenvalue weighted by Gasteiger charge is 2.36. The summed E-state index contributed by atoms with van der Waals surface area (Å²) in [7, 11) is 0. The van der Waals surface area contributed by atoms with Gasteiger partial charge in [0, 0.05) is 25.4 Å². The van der Waals surface area contributed by atoms with Gasteiger partial charge in [0.25, 0.3) is 5.91 Å². The van der Waals surface area contributed by atoms with Gasteiger partial charge in [-0.3, -0.25) is 14.5 Å². The molecule has 0 saturated carbocycles. The first kappa shape index (κ1) is 21.9. The lowest BCUT2D eigenvalue weighted by atomic mass is 9.95. The maximum Gasteiger partial charge on any atom is 0.257 e. The Morgan fingerprint density at radius 1 is 1.03 bits per heavy atom. The second-order valence-corrected chi connectivity index (χ2v) is 9.47. The molecule has 0 bridgehead atoms. The zero-order valence-corrected chi connectivity index (χ0v) is 19.3. The fraction of sp³-hybridized carbons (Fsp3) is 0.500. The van der Waals surface area contributed by atoms with Gasteiger partial charge in [-0.25, -0.2) is 5.01 Å². The van der Waals surface area contributed by atoms with E-state index >= 15 is 0 Å². The van der Waals surface area contributed by atoms with Gasteiger partial charge in [0.15, 0.2) is 0 Å². The number of piperidine rings is 1. The maximum absolute atomic E-state index is 13.3. The van der Waals surface area contributed by atoms with Crippen LogP contribution in [0.4, 0.5) is 0 Å². The van der Waals surface area contributed by atoms with E-state index in [9.17, 15) is 9.59 Å². The number of carbonyl (C=O) groups excluding carboxylic acids is 2.